The van der Waals surface area contributed by atoms with E-state index in [0.717, 1.165) is 17.0 Å². The van der Waals surface area contributed by atoms with Gasteiger partial charge in [0.15, 0.2) is 0 Å². The Morgan fingerprint density at radius 2 is 1.67 bits per heavy atom. The van der Waals surface area contributed by atoms with Crippen molar-refractivity contribution in [2.75, 3.05) is 0 Å². The van der Waals surface area contributed by atoms with Crippen molar-refractivity contribution in [3.05, 3.63) is 69.7 Å². The highest BCUT2D eigenvalue weighted by Crippen LogP contribution is 2.29. The first-order chi connectivity index (χ1) is 8.56. The van der Waals surface area contributed by atoms with Gasteiger partial charge in [0.05, 0.1) is 5.38 Å². The Labute approximate surface area is 119 Å². The Bertz CT molecular complexity index is 529. The van der Waals surface area contributed by atoms with Gasteiger partial charge in [0.25, 0.3) is 0 Å². The molecule has 0 aliphatic carbocycles. The summed E-state index contributed by atoms with van der Waals surface area (Å²) in [4.78, 5) is 0. The van der Waals surface area contributed by atoms with E-state index in [1.807, 2.05) is 18.2 Å². The molecule has 0 N–H and O–H groups in total. The van der Waals surface area contributed by atoms with Gasteiger partial charge in [0.1, 0.15) is 0 Å². The minimum absolute atomic E-state index is 0.0357. The largest absolute Gasteiger partial charge is 0.117 e. The van der Waals surface area contributed by atoms with Crippen LogP contribution in [0.2, 0.25) is 5.02 Å². The molecule has 0 aliphatic rings. The molecule has 2 rings (SSSR count). The normalized spacial score (nSPS) is 12.4. The summed E-state index contributed by atoms with van der Waals surface area (Å²) in [5.74, 6) is 0. The summed E-state index contributed by atoms with van der Waals surface area (Å²) in [7, 11) is 0. The number of hydrogen-bond donors (Lipinski definition) is 0. The lowest BCUT2D eigenvalue weighted by atomic mass is 9.99. The van der Waals surface area contributed by atoms with Gasteiger partial charge in [-0.1, -0.05) is 47.5 Å². The van der Waals surface area contributed by atoms with E-state index in [-0.39, 0.29) is 5.38 Å². The molecule has 2 heteroatoms. The first-order valence-corrected chi connectivity index (χ1v) is 6.83. The number of rotatable bonds is 3. The predicted molar refractivity (Wildman–Crippen MR) is 79.7 cm³/mol. The van der Waals surface area contributed by atoms with E-state index in [4.69, 9.17) is 23.2 Å². The zero-order valence-corrected chi connectivity index (χ0v) is 12.1. The van der Waals surface area contributed by atoms with Crippen LogP contribution < -0.4 is 0 Å². The third kappa shape index (κ3) is 3.28. The summed E-state index contributed by atoms with van der Waals surface area (Å²) in [5.41, 5.74) is 4.82. The Balaban J connectivity index is 2.18. The van der Waals surface area contributed by atoms with Crippen molar-refractivity contribution in [3.8, 4) is 0 Å². The molecule has 94 valence electrons. The van der Waals surface area contributed by atoms with Gasteiger partial charge in [-0.3, -0.25) is 0 Å². The van der Waals surface area contributed by atoms with Gasteiger partial charge >= 0.3 is 0 Å². The molecule has 0 spiro atoms. The molecule has 18 heavy (non-hydrogen) atoms. The summed E-state index contributed by atoms with van der Waals surface area (Å²) in [5, 5.41) is 0.705. The minimum atomic E-state index is -0.0357. The molecule has 1 unspecified atom stereocenters. The second-order valence-electron chi connectivity index (χ2n) is 4.66. The van der Waals surface area contributed by atoms with E-state index in [9.17, 15) is 0 Å². The molecule has 1 atom stereocenters. The van der Waals surface area contributed by atoms with Crippen molar-refractivity contribution in [1.29, 1.82) is 0 Å². The summed E-state index contributed by atoms with van der Waals surface area (Å²) < 4.78 is 0. The fourth-order valence-electron chi connectivity index (χ4n) is 1.99. The van der Waals surface area contributed by atoms with Crippen LogP contribution in [-0.4, -0.2) is 0 Å². The van der Waals surface area contributed by atoms with Crippen molar-refractivity contribution >= 4 is 23.2 Å². The average molecular weight is 279 g/mol. The maximum atomic E-state index is 6.50. The molecule has 0 aliphatic heterocycles. The Morgan fingerprint density at radius 1 is 1.00 bits per heavy atom. The Kier molecular flexibility index (Phi) is 4.31. The van der Waals surface area contributed by atoms with Gasteiger partial charge in [-0.25, -0.2) is 0 Å². The molecule has 0 aromatic heterocycles. The van der Waals surface area contributed by atoms with Gasteiger partial charge < -0.3 is 0 Å². The first kappa shape index (κ1) is 13.5. The molecule has 2 aromatic carbocycles. The lowest BCUT2D eigenvalue weighted by Crippen LogP contribution is -1.98. The third-order valence-electron chi connectivity index (χ3n) is 3.11. The molecule has 0 nitrogen and oxygen atoms in total. The predicted octanol–water partition coefficient (Wildman–Crippen LogP) is 5.48. The van der Waals surface area contributed by atoms with Crippen LogP contribution in [0, 0.1) is 13.8 Å². The quantitative estimate of drug-likeness (QED) is 0.653. The fraction of sp³-hybridized carbons (Fsp3) is 0.250. The molecule has 0 heterocycles. The molecule has 0 amide bonds. The van der Waals surface area contributed by atoms with E-state index in [2.05, 4.69) is 38.1 Å². The number of alkyl halides is 1. The van der Waals surface area contributed by atoms with E-state index < -0.39 is 0 Å². The van der Waals surface area contributed by atoms with Gasteiger partial charge in [0.2, 0.25) is 0 Å². The topological polar surface area (TPSA) is 0 Å². The summed E-state index contributed by atoms with van der Waals surface area (Å²) in [6.45, 7) is 4.15. The van der Waals surface area contributed by atoms with Crippen LogP contribution in [0.15, 0.2) is 42.5 Å². The monoisotopic (exact) mass is 278 g/mol. The molecule has 0 saturated heterocycles. The van der Waals surface area contributed by atoms with Crippen LogP contribution >= 0.6 is 23.2 Å². The second-order valence-corrected chi connectivity index (χ2v) is 5.62. The van der Waals surface area contributed by atoms with E-state index in [0.29, 0.717) is 0 Å². The Morgan fingerprint density at radius 3 is 2.33 bits per heavy atom. The number of benzene rings is 2. The number of halogens is 2. The number of hydrogen-bond acceptors (Lipinski definition) is 0. The second kappa shape index (κ2) is 5.77. The molecule has 0 fully saturated rings. The van der Waals surface area contributed by atoms with E-state index in [1.54, 1.807) is 0 Å². The molecule has 0 radical (unpaired) electrons. The van der Waals surface area contributed by atoms with Crippen LogP contribution in [0.3, 0.4) is 0 Å². The Hall–Kier alpha value is -0.980. The highest BCUT2D eigenvalue weighted by molar-refractivity contribution is 6.30. The van der Waals surface area contributed by atoms with Crippen LogP contribution in [0.25, 0.3) is 0 Å². The lowest BCUT2D eigenvalue weighted by Gasteiger charge is -2.13. The lowest BCUT2D eigenvalue weighted by molar-refractivity contribution is 0.909. The molecular weight excluding hydrogens is 263 g/mol. The summed E-state index contributed by atoms with van der Waals surface area (Å²) in [6.07, 6.45) is 0.822. The SMILES string of the molecule is Cc1ccc(CC(Cl)c2cc(Cl)ccc2C)cc1. The zero-order valence-electron chi connectivity index (χ0n) is 10.6. The van der Waals surface area contributed by atoms with Crippen molar-refractivity contribution in [1.82, 2.24) is 0 Å². The van der Waals surface area contributed by atoms with Crippen molar-refractivity contribution in [2.24, 2.45) is 0 Å². The van der Waals surface area contributed by atoms with Crippen molar-refractivity contribution in [2.45, 2.75) is 25.6 Å². The highest BCUT2D eigenvalue weighted by atomic mass is 35.5. The smallest absolute Gasteiger partial charge is 0.0628 e. The highest BCUT2D eigenvalue weighted by Gasteiger charge is 2.12. The van der Waals surface area contributed by atoms with Crippen LogP contribution in [0.5, 0.6) is 0 Å². The summed E-state index contributed by atoms with van der Waals surface area (Å²) >= 11 is 12.5. The first-order valence-electron chi connectivity index (χ1n) is 6.02. The van der Waals surface area contributed by atoms with Crippen molar-refractivity contribution < 1.29 is 0 Å². The minimum Gasteiger partial charge on any atom is -0.117 e. The molecule has 2 aromatic rings. The molecule has 0 saturated carbocycles. The van der Waals surface area contributed by atoms with Crippen LogP contribution in [-0.2, 0) is 6.42 Å². The fourth-order valence-corrected chi connectivity index (χ4v) is 2.58. The molecule has 0 bridgehead atoms. The maximum Gasteiger partial charge on any atom is 0.0628 e. The van der Waals surface area contributed by atoms with Gasteiger partial charge in [-0.2, -0.15) is 0 Å². The van der Waals surface area contributed by atoms with E-state index >= 15 is 0 Å². The van der Waals surface area contributed by atoms with E-state index in [1.165, 1.54) is 16.7 Å². The summed E-state index contributed by atoms with van der Waals surface area (Å²) in [6, 6.07) is 14.4. The standard InChI is InChI=1S/C16H16Cl2/c1-11-3-6-13(7-4-11)9-16(18)15-10-14(17)8-5-12(15)2/h3-8,10,16H,9H2,1-2H3. The van der Waals surface area contributed by atoms with Gasteiger partial charge in [-0.05, 0) is 49.1 Å². The van der Waals surface area contributed by atoms with Crippen LogP contribution in [0.4, 0.5) is 0 Å². The maximum absolute atomic E-state index is 6.50. The van der Waals surface area contributed by atoms with Crippen LogP contribution in [0.1, 0.15) is 27.6 Å². The average Bonchev–Trinajstić information content (AvgIpc) is 2.35. The number of aryl methyl sites for hydroxylation is 2. The molecular formula is C16H16Cl2. The van der Waals surface area contributed by atoms with Crippen molar-refractivity contribution in [3.63, 3.8) is 0 Å². The van der Waals surface area contributed by atoms with Gasteiger partial charge in [0, 0.05) is 5.02 Å². The zero-order chi connectivity index (χ0) is 13.1. The third-order valence-corrected chi connectivity index (χ3v) is 3.74. The van der Waals surface area contributed by atoms with Gasteiger partial charge in [-0.15, -0.1) is 11.6 Å².